The van der Waals surface area contributed by atoms with Crippen LogP contribution in [0.1, 0.15) is 16.1 Å². The fourth-order valence-electron chi connectivity index (χ4n) is 4.46. The van der Waals surface area contributed by atoms with E-state index in [1.165, 1.54) is 0 Å². The minimum atomic E-state index is -0.204. The summed E-state index contributed by atoms with van der Waals surface area (Å²) < 4.78 is 1.85. The first-order valence-electron chi connectivity index (χ1n) is 12.1. The quantitative estimate of drug-likeness (QED) is 0.303. The van der Waals surface area contributed by atoms with Crippen LogP contribution in [0.25, 0.3) is 50.5 Å². The summed E-state index contributed by atoms with van der Waals surface area (Å²) in [4.78, 5) is 38.5. The molecule has 7 rings (SSSR count). The van der Waals surface area contributed by atoms with Crippen LogP contribution in [0.4, 0.5) is 5.69 Å². The zero-order valence-electron chi connectivity index (χ0n) is 20.6. The number of hydrogen-bond acceptors (Lipinski definition) is 7. The van der Waals surface area contributed by atoms with Crippen molar-refractivity contribution >= 4 is 33.7 Å². The lowest BCUT2D eigenvalue weighted by molar-refractivity contribution is 0.102. The first-order valence-corrected chi connectivity index (χ1v) is 12.1. The highest BCUT2D eigenvalue weighted by molar-refractivity contribution is 6.04. The molecule has 0 unspecified atom stereocenters. The van der Waals surface area contributed by atoms with E-state index in [-0.39, 0.29) is 5.91 Å². The van der Waals surface area contributed by atoms with Gasteiger partial charge in [0.15, 0.2) is 17.3 Å². The molecule has 3 N–H and O–H groups in total. The molecule has 0 aliphatic heterocycles. The Morgan fingerprint density at radius 1 is 0.974 bits per heavy atom. The molecule has 0 atom stereocenters. The Labute approximate surface area is 221 Å². The number of aryl methyl sites for hydroxylation is 1. The van der Waals surface area contributed by atoms with Crippen molar-refractivity contribution in [3.63, 3.8) is 0 Å². The summed E-state index contributed by atoms with van der Waals surface area (Å²) in [5.41, 5.74) is 6.45. The lowest BCUT2D eigenvalue weighted by Crippen LogP contribution is -2.11. The highest BCUT2D eigenvalue weighted by atomic mass is 16.1. The second-order valence-electron chi connectivity index (χ2n) is 9.01. The van der Waals surface area contributed by atoms with Gasteiger partial charge in [0.25, 0.3) is 5.91 Å². The minimum Gasteiger partial charge on any atom is -0.336 e. The summed E-state index contributed by atoms with van der Waals surface area (Å²) in [5, 5.41) is 11.2. The van der Waals surface area contributed by atoms with Crippen molar-refractivity contribution in [2.75, 3.05) is 5.32 Å². The van der Waals surface area contributed by atoms with Crippen LogP contribution < -0.4 is 5.32 Å². The van der Waals surface area contributed by atoms with E-state index in [4.69, 9.17) is 4.98 Å². The van der Waals surface area contributed by atoms with Crippen LogP contribution in [0.2, 0.25) is 0 Å². The molecule has 0 spiro atoms. The number of aromatic amines is 2. The van der Waals surface area contributed by atoms with Gasteiger partial charge in [-0.1, -0.05) is 18.2 Å². The number of carbonyl (C=O) groups excluding carboxylic acids is 1. The van der Waals surface area contributed by atoms with Crippen molar-refractivity contribution in [3.05, 3.63) is 97.1 Å². The fraction of sp³-hybridized carbons (Fsp3) is 0.0357. The maximum Gasteiger partial charge on any atom is 0.255 e. The van der Waals surface area contributed by atoms with Crippen LogP contribution in [0.5, 0.6) is 0 Å². The zero-order chi connectivity index (χ0) is 26.3. The fourth-order valence-corrected chi connectivity index (χ4v) is 4.46. The molecule has 39 heavy (non-hydrogen) atoms. The molecule has 0 saturated carbocycles. The van der Waals surface area contributed by atoms with Crippen molar-refractivity contribution in [1.82, 2.24) is 44.7 Å². The molecule has 6 heterocycles. The number of aromatic nitrogens is 9. The molecule has 0 saturated heterocycles. The highest BCUT2D eigenvalue weighted by Gasteiger charge is 2.17. The van der Waals surface area contributed by atoms with Gasteiger partial charge < -0.3 is 10.3 Å². The number of imidazole rings is 2. The summed E-state index contributed by atoms with van der Waals surface area (Å²) in [6.07, 6.45) is 10.4. The van der Waals surface area contributed by atoms with Gasteiger partial charge in [-0.25, -0.2) is 19.9 Å². The number of pyridine rings is 3. The SMILES string of the molecule is Cc1cn(-c2nccc3[nH]c(-c4n[nH]c5ncc(-c6cncc(NC(=O)c7ccccc7)c6)cc45)nc23)cn1. The maximum absolute atomic E-state index is 12.6. The summed E-state index contributed by atoms with van der Waals surface area (Å²) in [6.45, 7) is 1.93. The van der Waals surface area contributed by atoms with Crippen LogP contribution in [0.15, 0.2) is 85.8 Å². The maximum atomic E-state index is 12.6. The van der Waals surface area contributed by atoms with E-state index in [0.717, 1.165) is 27.7 Å². The number of benzene rings is 1. The lowest BCUT2D eigenvalue weighted by atomic mass is 10.1. The van der Waals surface area contributed by atoms with Gasteiger partial charge in [0, 0.05) is 41.5 Å². The standard InChI is InChI=1S/C28H20N10O/c1-16-14-38(15-32-16)27-24-22(7-8-30-27)34-26(35-24)23-21-10-19(12-31-25(21)37-36-23)18-9-20(13-29-11-18)33-28(39)17-5-3-2-4-6-17/h2-15H,1H3,(H,33,39)(H,34,35)(H,31,36,37). The molecule has 1 amide bonds. The van der Waals surface area contributed by atoms with E-state index in [1.54, 1.807) is 43.2 Å². The molecule has 0 radical (unpaired) electrons. The van der Waals surface area contributed by atoms with Gasteiger partial charge >= 0.3 is 0 Å². The van der Waals surface area contributed by atoms with Gasteiger partial charge in [-0.15, -0.1) is 0 Å². The number of nitrogens with zero attached hydrogens (tertiary/aromatic N) is 7. The monoisotopic (exact) mass is 512 g/mol. The second-order valence-corrected chi connectivity index (χ2v) is 9.01. The molecular weight excluding hydrogens is 492 g/mol. The molecule has 11 heteroatoms. The Morgan fingerprint density at radius 3 is 2.69 bits per heavy atom. The molecular formula is C28H20N10O. The molecule has 188 valence electrons. The predicted octanol–water partition coefficient (Wildman–Crippen LogP) is 4.70. The van der Waals surface area contributed by atoms with Gasteiger partial charge in [-0.2, -0.15) is 5.10 Å². The third kappa shape index (κ3) is 4.07. The van der Waals surface area contributed by atoms with Crippen molar-refractivity contribution in [1.29, 1.82) is 0 Å². The van der Waals surface area contributed by atoms with E-state index in [1.807, 2.05) is 54.1 Å². The van der Waals surface area contributed by atoms with Gasteiger partial charge in [-0.3, -0.25) is 19.4 Å². The molecule has 0 fully saturated rings. The van der Waals surface area contributed by atoms with Gasteiger partial charge in [0.05, 0.1) is 28.5 Å². The molecule has 1 aromatic carbocycles. The van der Waals surface area contributed by atoms with E-state index in [9.17, 15) is 4.79 Å². The van der Waals surface area contributed by atoms with E-state index < -0.39 is 0 Å². The van der Waals surface area contributed by atoms with E-state index in [0.29, 0.717) is 39.8 Å². The number of amides is 1. The smallest absolute Gasteiger partial charge is 0.255 e. The zero-order valence-corrected chi connectivity index (χ0v) is 20.6. The second kappa shape index (κ2) is 8.99. The number of H-pyrrole nitrogens is 2. The van der Waals surface area contributed by atoms with Crippen LogP contribution in [0, 0.1) is 6.92 Å². The first kappa shape index (κ1) is 22.5. The van der Waals surface area contributed by atoms with Crippen LogP contribution in [-0.2, 0) is 0 Å². The Morgan fingerprint density at radius 2 is 1.85 bits per heavy atom. The number of nitrogens with one attached hydrogen (secondary N) is 3. The van der Waals surface area contributed by atoms with Crippen molar-refractivity contribution < 1.29 is 4.79 Å². The largest absolute Gasteiger partial charge is 0.336 e. The summed E-state index contributed by atoms with van der Waals surface area (Å²) >= 11 is 0. The first-order chi connectivity index (χ1) is 19.1. The third-order valence-electron chi connectivity index (χ3n) is 6.34. The number of fused-ring (bicyclic) bond motifs is 2. The molecule has 7 aromatic rings. The van der Waals surface area contributed by atoms with Crippen molar-refractivity contribution in [2.24, 2.45) is 0 Å². The van der Waals surface area contributed by atoms with Crippen LogP contribution in [-0.4, -0.2) is 50.6 Å². The highest BCUT2D eigenvalue weighted by Crippen LogP contribution is 2.30. The van der Waals surface area contributed by atoms with Crippen LogP contribution >= 0.6 is 0 Å². The Kier molecular flexibility index (Phi) is 5.18. The number of anilines is 1. The minimum absolute atomic E-state index is 0.204. The van der Waals surface area contributed by atoms with Crippen molar-refractivity contribution in [3.8, 4) is 28.5 Å². The summed E-state index contributed by atoms with van der Waals surface area (Å²) in [6, 6.07) is 14.8. The number of rotatable bonds is 5. The topological polar surface area (TPSA) is 143 Å². The number of hydrogen-bond donors (Lipinski definition) is 3. The van der Waals surface area contributed by atoms with E-state index in [2.05, 4.69) is 40.4 Å². The molecule has 0 bridgehead atoms. The Hall–Kier alpha value is -5.71. The normalized spacial score (nSPS) is 11.3. The lowest BCUT2D eigenvalue weighted by Gasteiger charge is -2.07. The molecule has 0 aliphatic carbocycles. The predicted molar refractivity (Wildman–Crippen MR) is 146 cm³/mol. The average Bonchev–Trinajstić information content (AvgIpc) is 3.71. The van der Waals surface area contributed by atoms with Gasteiger partial charge in [0.1, 0.15) is 17.5 Å². The number of carbonyl (C=O) groups is 1. The summed E-state index contributed by atoms with van der Waals surface area (Å²) in [5.74, 6) is 1.06. The van der Waals surface area contributed by atoms with E-state index >= 15 is 0 Å². The molecule has 0 aliphatic rings. The Balaban J connectivity index is 1.25. The summed E-state index contributed by atoms with van der Waals surface area (Å²) in [7, 11) is 0. The van der Waals surface area contributed by atoms with Gasteiger partial charge in [0.2, 0.25) is 0 Å². The molecule has 6 aromatic heterocycles. The van der Waals surface area contributed by atoms with Crippen molar-refractivity contribution in [2.45, 2.75) is 6.92 Å². The van der Waals surface area contributed by atoms with Gasteiger partial charge in [-0.05, 0) is 37.3 Å². The average molecular weight is 513 g/mol. The Bertz CT molecular complexity index is 1990. The van der Waals surface area contributed by atoms with Crippen LogP contribution in [0.3, 0.4) is 0 Å². The third-order valence-corrected chi connectivity index (χ3v) is 6.34. The molecule has 11 nitrogen and oxygen atoms in total.